The van der Waals surface area contributed by atoms with E-state index in [2.05, 4.69) is 5.32 Å². The zero-order chi connectivity index (χ0) is 15.6. The van der Waals surface area contributed by atoms with E-state index in [4.69, 9.17) is 14.6 Å². The zero-order valence-corrected chi connectivity index (χ0v) is 12.2. The van der Waals surface area contributed by atoms with E-state index in [9.17, 15) is 14.4 Å². The van der Waals surface area contributed by atoms with Crippen LogP contribution in [-0.4, -0.2) is 48.3 Å². The minimum absolute atomic E-state index is 0.146. The first-order valence-corrected chi connectivity index (χ1v) is 6.71. The van der Waals surface area contributed by atoms with Crippen molar-refractivity contribution in [1.29, 1.82) is 0 Å². The van der Waals surface area contributed by atoms with Crippen molar-refractivity contribution in [2.45, 2.75) is 45.6 Å². The quantitative estimate of drug-likeness (QED) is 0.454. The summed E-state index contributed by atoms with van der Waals surface area (Å²) in [7, 11) is 0. The number of hydrogen-bond donors (Lipinski definition) is 2. The van der Waals surface area contributed by atoms with Crippen LogP contribution in [0.25, 0.3) is 0 Å². The van der Waals surface area contributed by atoms with Gasteiger partial charge in [-0.05, 0) is 19.8 Å². The van der Waals surface area contributed by atoms with Crippen molar-refractivity contribution in [3.05, 3.63) is 0 Å². The summed E-state index contributed by atoms with van der Waals surface area (Å²) in [6.45, 7) is 5.52. The Labute approximate surface area is 118 Å². The first-order chi connectivity index (χ1) is 9.41. The first kappa shape index (κ1) is 18.4. The maximum Gasteiger partial charge on any atom is 0.348 e. The van der Waals surface area contributed by atoms with Crippen LogP contribution in [0.15, 0.2) is 0 Å². The Morgan fingerprint density at radius 1 is 1.15 bits per heavy atom. The average Bonchev–Trinajstić information content (AvgIpc) is 2.42. The van der Waals surface area contributed by atoms with Gasteiger partial charge in [0.1, 0.15) is 6.54 Å². The number of amides is 1. The van der Waals surface area contributed by atoms with Crippen molar-refractivity contribution in [3.8, 4) is 0 Å². The fourth-order valence-corrected chi connectivity index (χ4v) is 1.56. The molecule has 0 aromatic carbocycles. The Kier molecular flexibility index (Phi) is 8.54. The molecule has 0 bridgehead atoms. The van der Waals surface area contributed by atoms with E-state index >= 15 is 0 Å². The molecule has 20 heavy (non-hydrogen) atoms. The van der Waals surface area contributed by atoms with Gasteiger partial charge in [-0.1, -0.05) is 13.8 Å². The number of carboxylic acids is 1. The van der Waals surface area contributed by atoms with Gasteiger partial charge in [-0.2, -0.15) is 0 Å². The van der Waals surface area contributed by atoms with Gasteiger partial charge < -0.3 is 19.9 Å². The van der Waals surface area contributed by atoms with Gasteiger partial charge in [-0.25, -0.2) is 4.79 Å². The number of aliphatic carboxylic acids is 1. The SMILES string of the molecule is CCOCCC(=O)NCC(=O)OC(CC)(CC)C(=O)O. The number of carboxylic acid groups (broad SMARTS) is 1. The van der Waals surface area contributed by atoms with E-state index in [1.165, 1.54) is 0 Å². The molecule has 0 rings (SSSR count). The average molecular weight is 289 g/mol. The Hall–Kier alpha value is -1.63. The second kappa shape index (κ2) is 9.30. The smallest absolute Gasteiger partial charge is 0.348 e. The summed E-state index contributed by atoms with van der Waals surface area (Å²) in [5.41, 5.74) is -1.52. The van der Waals surface area contributed by atoms with E-state index in [1.54, 1.807) is 13.8 Å². The number of ether oxygens (including phenoxy) is 2. The lowest BCUT2D eigenvalue weighted by atomic mass is 9.97. The van der Waals surface area contributed by atoms with Crippen molar-refractivity contribution in [1.82, 2.24) is 5.32 Å². The van der Waals surface area contributed by atoms with Gasteiger partial charge in [0.15, 0.2) is 0 Å². The number of carbonyl (C=O) groups excluding carboxylic acids is 2. The fraction of sp³-hybridized carbons (Fsp3) is 0.769. The van der Waals surface area contributed by atoms with Crippen LogP contribution >= 0.6 is 0 Å². The molecule has 0 aromatic rings. The Morgan fingerprint density at radius 2 is 1.75 bits per heavy atom. The fourth-order valence-electron chi connectivity index (χ4n) is 1.56. The van der Waals surface area contributed by atoms with Gasteiger partial charge in [0.2, 0.25) is 11.5 Å². The summed E-state index contributed by atoms with van der Waals surface area (Å²) in [6.07, 6.45) is 0.485. The minimum atomic E-state index is -1.52. The molecule has 1 amide bonds. The van der Waals surface area contributed by atoms with E-state index in [-0.39, 0.29) is 38.3 Å². The molecule has 0 saturated heterocycles. The maximum absolute atomic E-state index is 11.6. The lowest BCUT2D eigenvalue weighted by Crippen LogP contribution is -2.44. The molecule has 7 heteroatoms. The van der Waals surface area contributed by atoms with Crippen LogP contribution in [-0.2, 0) is 23.9 Å². The third-order valence-corrected chi connectivity index (χ3v) is 2.95. The predicted molar refractivity (Wildman–Crippen MR) is 71.2 cm³/mol. The molecule has 0 aliphatic heterocycles. The van der Waals surface area contributed by atoms with Gasteiger partial charge in [0.05, 0.1) is 6.61 Å². The topological polar surface area (TPSA) is 102 Å². The maximum atomic E-state index is 11.6. The number of rotatable bonds is 10. The molecule has 0 aliphatic carbocycles. The second-order valence-electron chi connectivity index (χ2n) is 4.20. The van der Waals surface area contributed by atoms with Gasteiger partial charge in [0.25, 0.3) is 0 Å². The number of nitrogens with one attached hydrogen (secondary N) is 1. The zero-order valence-electron chi connectivity index (χ0n) is 12.2. The molecule has 0 spiro atoms. The molecule has 0 fully saturated rings. The molecule has 7 nitrogen and oxygen atoms in total. The lowest BCUT2D eigenvalue weighted by molar-refractivity contribution is -0.179. The molecular formula is C13H23NO6. The van der Waals surface area contributed by atoms with Gasteiger partial charge in [-0.3, -0.25) is 9.59 Å². The van der Waals surface area contributed by atoms with Crippen LogP contribution in [0.4, 0.5) is 0 Å². The van der Waals surface area contributed by atoms with Gasteiger partial charge in [-0.15, -0.1) is 0 Å². The highest BCUT2D eigenvalue weighted by Crippen LogP contribution is 2.20. The second-order valence-corrected chi connectivity index (χ2v) is 4.20. The molecule has 0 saturated carbocycles. The number of hydrogen-bond acceptors (Lipinski definition) is 5. The summed E-state index contributed by atoms with van der Waals surface area (Å²) in [5.74, 6) is -2.29. The summed E-state index contributed by atoms with van der Waals surface area (Å²) in [4.78, 5) is 34.1. The molecular weight excluding hydrogens is 266 g/mol. The highest BCUT2D eigenvalue weighted by molar-refractivity contribution is 5.85. The van der Waals surface area contributed by atoms with Crippen molar-refractivity contribution >= 4 is 17.8 Å². The summed E-state index contributed by atoms with van der Waals surface area (Å²) in [5, 5.41) is 11.5. The minimum Gasteiger partial charge on any atom is -0.478 e. The van der Waals surface area contributed by atoms with Crippen molar-refractivity contribution in [2.75, 3.05) is 19.8 Å². The molecule has 0 radical (unpaired) electrons. The number of carbonyl (C=O) groups is 3. The third-order valence-electron chi connectivity index (χ3n) is 2.95. The summed E-state index contributed by atoms with van der Waals surface area (Å²) in [6, 6.07) is 0. The van der Waals surface area contributed by atoms with Crippen LogP contribution in [0.3, 0.4) is 0 Å². The lowest BCUT2D eigenvalue weighted by Gasteiger charge is -2.26. The van der Waals surface area contributed by atoms with E-state index in [0.717, 1.165) is 0 Å². The molecule has 2 N–H and O–H groups in total. The molecule has 0 heterocycles. The largest absolute Gasteiger partial charge is 0.478 e. The van der Waals surface area contributed by atoms with E-state index in [0.29, 0.717) is 6.61 Å². The van der Waals surface area contributed by atoms with Crippen molar-refractivity contribution < 1.29 is 29.0 Å². The Balaban J connectivity index is 4.21. The van der Waals surface area contributed by atoms with E-state index < -0.39 is 17.5 Å². The van der Waals surface area contributed by atoms with Crippen molar-refractivity contribution in [3.63, 3.8) is 0 Å². The van der Waals surface area contributed by atoms with Crippen molar-refractivity contribution in [2.24, 2.45) is 0 Å². The molecule has 0 aliphatic rings. The molecule has 116 valence electrons. The summed E-state index contributed by atoms with van der Waals surface area (Å²) >= 11 is 0. The van der Waals surface area contributed by atoms with Crippen LogP contribution in [0.2, 0.25) is 0 Å². The van der Waals surface area contributed by atoms with Crippen LogP contribution in [0.1, 0.15) is 40.0 Å². The monoisotopic (exact) mass is 289 g/mol. The van der Waals surface area contributed by atoms with E-state index in [1.807, 2.05) is 6.92 Å². The van der Waals surface area contributed by atoms with Crippen LogP contribution in [0.5, 0.6) is 0 Å². The standard InChI is InChI=1S/C13H23NO6/c1-4-13(5-2,12(17)18)20-11(16)9-14-10(15)7-8-19-6-3/h4-9H2,1-3H3,(H,14,15)(H,17,18). The molecule has 0 unspecified atom stereocenters. The Bertz CT molecular complexity index is 338. The van der Waals surface area contributed by atoms with Gasteiger partial charge in [0, 0.05) is 13.0 Å². The predicted octanol–water partition coefficient (Wildman–Crippen LogP) is 0.716. The van der Waals surface area contributed by atoms with Crippen LogP contribution < -0.4 is 5.32 Å². The summed E-state index contributed by atoms with van der Waals surface area (Å²) < 4.78 is 9.99. The molecule has 0 aromatic heterocycles. The first-order valence-electron chi connectivity index (χ1n) is 6.71. The number of esters is 1. The molecule has 0 atom stereocenters. The third kappa shape index (κ3) is 6.01. The highest BCUT2D eigenvalue weighted by atomic mass is 16.6. The van der Waals surface area contributed by atoms with Crippen LogP contribution in [0, 0.1) is 0 Å². The normalized spacial score (nSPS) is 10.9. The van der Waals surface area contributed by atoms with Gasteiger partial charge >= 0.3 is 11.9 Å². The Morgan fingerprint density at radius 3 is 2.20 bits per heavy atom. The highest BCUT2D eigenvalue weighted by Gasteiger charge is 2.39.